The smallest absolute Gasteiger partial charge is 0.106 e. The molecule has 0 aromatic carbocycles. The van der Waals surface area contributed by atoms with E-state index in [1.165, 1.54) is 11.3 Å². The van der Waals surface area contributed by atoms with Gasteiger partial charge in [-0.15, -0.1) is 11.3 Å². The van der Waals surface area contributed by atoms with E-state index in [9.17, 15) is 0 Å². The van der Waals surface area contributed by atoms with E-state index in [4.69, 9.17) is 0 Å². The van der Waals surface area contributed by atoms with Crippen molar-refractivity contribution in [2.75, 3.05) is 0 Å². The molecule has 80 valence electrons. The summed E-state index contributed by atoms with van der Waals surface area (Å²) in [5, 5.41) is 10.7. The van der Waals surface area contributed by atoms with E-state index in [2.05, 4.69) is 22.3 Å². The Balaban J connectivity index is 1.86. The summed E-state index contributed by atoms with van der Waals surface area (Å²) in [6.07, 6.45) is 3.74. The zero-order valence-electron chi connectivity index (χ0n) is 8.90. The highest BCUT2D eigenvalue weighted by molar-refractivity contribution is 7.09. The van der Waals surface area contributed by atoms with E-state index in [-0.39, 0.29) is 0 Å². The van der Waals surface area contributed by atoms with Gasteiger partial charge in [0.2, 0.25) is 0 Å². The molecule has 0 saturated carbocycles. The molecule has 0 fully saturated rings. The molecule has 0 aliphatic rings. The van der Waals surface area contributed by atoms with Gasteiger partial charge in [0.1, 0.15) is 5.01 Å². The Hall–Kier alpha value is -1.20. The van der Waals surface area contributed by atoms with Gasteiger partial charge in [-0.1, -0.05) is 0 Å². The first-order valence-electron chi connectivity index (χ1n) is 4.84. The molecule has 1 N–H and O–H groups in total. The molecule has 0 unspecified atom stereocenters. The Morgan fingerprint density at radius 1 is 1.47 bits per heavy atom. The monoisotopic (exact) mass is 222 g/mol. The van der Waals surface area contributed by atoms with Crippen molar-refractivity contribution in [2.45, 2.75) is 20.0 Å². The van der Waals surface area contributed by atoms with Crippen LogP contribution < -0.4 is 5.32 Å². The van der Waals surface area contributed by atoms with Crippen molar-refractivity contribution in [3.63, 3.8) is 0 Å². The average Bonchev–Trinajstić information content (AvgIpc) is 2.83. The second-order valence-corrected chi connectivity index (χ2v) is 4.39. The molecule has 0 aliphatic carbocycles. The predicted octanol–water partition coefficient (Wildman–Crippen LogP) is 1.47. The average molecular weight is 222 g/mol. The summed E-state index contributed by atoms with van der Waals surface area (Å²) < 4.78 is 1.89. The topological polar surface area (TPSA) is 42.7 Å². The fourth-order valence-electron chi connectivity index (χ4n) is 1.36. The van der Waals surface area contributed by atoms with Crippen molar-refractivity contribution in [3.8, 4) is 0 Å². The molecule has 0 aliphatic heterocycles. The van der Waals surface area contributed by atoms with Gasteiger partial charge in [-0.3, -0.25) is 4.68 Å². The molecule has 0 atom stereocenters. The van der Waals surface area contributed by atoms with Crippen LogP contribution in [0.4, 0.5) is 0 Å². The molecule has 15 heavy (non-hydrogen) atoms. The van der Waals surface area contributed by atoms with Gasteiger partial charge in [0, 0.05) is 43.0 Å². The molecule has 0 bridgehead atoms. The quantitative estimate of drug-likeness (QED) is 0.852. The van der Waals surface area contributed by atoms with Crippen LogP contribution in [0.25, 0.3) is 0 Å². The summed E-state index contributed by atoms with van der Waals surface area (Å²) in [6, 6.07) is 0. The molecular formula is C10H14N4S. The third kappa shape index (κ3) is 2.43. The maximum atomic E-state index is 4.21. The van der Waals surface area contributed by atoms with Crippen molar-refractivity contribution in [2.24, 2.45) is 7.05 Å². The highest BCUT2D eigenvalue weighted by Crippen LogP contribution is 2.06. The van der Waals surface area contributed by atoms with E-state index in [1.54, 1.807) is 11.3 Å². The highest BCUT2D eigenvalue weighted by atomic mass is 32.1. The van der Waals surface area contributed by atoms with Crippen LogP contribution in [0, 0.1) is 6.92 Å². The van der Waals surface area contributed by atoms with Gasteiger partial charge in [-0.05, 0) is 6.92 Å². The summed E-state index contributed by atoms with van der Waals surface area (Å²) in [5.74, 6) is 0. The van der Waals surface area contributed by atoms with Crippen LogP contribution in [0.5, 0.6) is 0 Å². The number of rotatable bonds is 4. The van der Waals surface area contributed by atoms with Crippen molar-refractivity contribution >= 4 is 11.3 Å². The molecule has 2 rings (SSSR count). The van der Waals surface area contributed by atoms with E-state index < -0.39 is 0 Å². The molecule has 0 spiro atoms. The molecule has 2 aromatic heterocycles. The minimum atomic E-state index is 0.825. The summed E-state index contributed by atoms with van der Waals surface area (Å²) in [6.45, 7) is 3.75. The minimum absolute atomic E-state index is 0.825. The number of nitrogens with one attached hydrogen (secondary N) is 1. The second-order valence-electron chi connectivity index (χ2n) is 3.41. The molecule has 4 nitrogen and oxygen atoms in total. The summed E-state index contributed by atoms with van der Waals surface area (Å²) >= 11 is 1.67. The van der Waals surface area contributed by atoms with Gasteiger partial charge in [-0.2, -0.15) is 5.10 Å². The van der Waals surface area contributed by atoms with E-state index in [1.807, 2.05) is 29.5 Å². The minimum Gasteiger partial charge on any atom is -0.306 e. The van der Waals surface area contributed by atoms with Crippen LogP contribution >= 0.6 is 11.3 Å². The molecule has 0 amide bonds. The van der Waals surface area contributed by atoms with Gasteiger partial charge < -0.3 is 5.32 Å². The molecular weight excluding hydrogens is 208 g/mol. The van der Waals surface area contributed by atoms with E-state index in [0.29, 0.717) is 0 Å². The van der Waals surface area contributed by atoms with E-state index >= 15 is 0 Å². The number of aromatic nitrogens is 3. The third-order valence-corrected chi connectivity index (χ3v) is 3.19. The summed E-state index contributed by atoms with van der Waals surface area (Å²) in [4.78, 5) is 4.21. The van der Waals surface area contributed by atoms with Crippen molar-refractivity contribution < 1.29 is 0 Å². The standard InChI is InChI=1S/C10H14N4S/c1-8-9(6-13-14(8)2)5-11-7-10-12-3-4-15-10/h3-4,6,11H,5,7H2,1-2H3. The lowest BCUT2D eigenvalue weighted by atomic mass is 10.2. The first kappa shape index (κ1) is 10.3. The highest BCUT2D eigenvalue weighted by Gasteiger charge is 2.02. The summed E-state index contributed by atoms with van der Waals surface area (Å²) in [7, 11) is 1.96. The number of nitrogens with zero attached hydrogens (tertiary/aromatic N) is 3. The zero-order valence-corrected chi connectivity index (χ0v) is 9.71. The first-order valence-corrected chi connectivity index (χ1v) is 5.72. The van der Waals surface area contributed by atoms with Gasteiger partial charge in [-0.25, -0.2) is 4.98 Å². The zero-order chi connectivity index (χ0) is 10.7. The molecule has 2 aromatic rings. The molecule has 0 radical (unpaired) electrons. The van der Waals surface area contributed by atoms with Gasteiger partial charge >= 0.3 is 0 Å². The van der Waals surface area contributed by atoms with Crippen LogP contribution in [0.2, 0.25) is 0 Å². The largest absolute Gasteiger partial charge is 0.306 e. The van der Waals surface area contributed by atoms with Crippen LogP contribution in [0.1, 0.15) is 16.3 Å². The Morgan fingerprint density at radius 3 is 2.93 bits per heavy atom. The lowest BCUT2D eigenvalue weighted by Gasteiger charge is -2.01. The SMILES string of the molecule is Cc1c(CNCc2nccs2)cnn1C. The van der Waals surface area contributed by atoms with Crippen molar-refractivity contribution in [3.05, 3.63) is 34.0 Å². The molecule has 0 saturated heterocycles. The fraction of sp³-hybridized carbons (Fsp3) is 0.400. The van der Waals surface area contributed by atoms with Crippen LogP contribution in [0.3, 0.4) is 0 Å². The van der Waals surface area contributed by atoms with Gasteiger partial charge in [0.05, 0.1) is 6.20 Å². The second kappa shape index (κ2) is 4.55. The summed E-state index contributed by atoms with van der Waals surface area (Å²) in [5.41, 5.74) is 2.45. The van der Waals surface area contributed by atoms with Crippen molar-refractivity contribution in [1.29, 1.82) is 0 Å². The van der Waals surface area contributed by atoms with Crippen LogP contribution in [0.15, 0.2) is 17.8 Å². The Labute approximate surface area is 93.0 Å². The number of hydrogen-bond acceptors (Lipinski definition) is 4. The number of thiazole rings is 1. The molecule has 5 heteroatoms. The van der Waals surface area contributed by atoms with Gasteiger partial charge in [0.15, 0.2) is 0 Å². The Bertz CT molecular complexity index is 419. The van der Waals surface area contributed by atoms with Crippen LogP contribution in [-0.4, -0.2) is 14.8 Å². The van der Waals surface area contributed by atoms with Crippen molar-refractivity contribution in [1.82, 2.24) is 20.1 Å². The number of aryl methyl sites for hydroxylation is 1. The third-order valence-electron chi connectivity index (χ3n) is 2.41. The lowest BCUT2D eigenvalue weighted by molar-refractivity contribution is 0.682. The fourth-order valence-corrected chi connectivity index (χ4v) is 1.95. The Morgan fingerprint density at radius 2 is 2.33 bits per heavy atom. The van der Waals surface area contributed by atoms with Crippen LogP contribution in [-0.2, 0) is 20.1 Å². The normalized spacial score (nSPS) is 10.8. The molecule has 2 heterocycles. The first-order chi connectivity index (χ1) is 7.27. The van der Waals surface area contributed by atoms with E-state index in [0.717, 1.165) is 18.1 Å². The maximum Gasteiger partial charge on any atom is 0.106 e. The predicted molar refractivity (Wildman–Crippen MR) is 60.6 cm³/mol. The number of hydrogen-bond donors (Lipinski definition) is 1. The Kier molecular flexibility index (Phi) is 3.13. The van der Waals surface area contributed by atoms with Gasteiger partial charge in [0.25, 0.3) is 0 Å². The maximum absolute atomic E-state index is 4.21. The lowest BCUT2D eigenvalue weighted by Crippen LogP contribution is -2.12.